The van der Waals surface area contributed by atoms with Crippen LogP contribution in [0.1, 0.15) is 13.8 Å². The molecule has 136 valence electrons. The van der Waals surface area contributed by atoms with Crippen molar-refractivity contribution in [2.75, 3.05) is 6.61 Å². The van der Waals surface area contributed by atoms with E-state index in [1.807, 2.05) is 0 Å². The van der Waals surface area contributed by atoms with Gasteiger partial charge in [-0.05, 0) is 0 Å². The van der Waals surface area contributed by atoms with E-state index in [-0.39, 0.29) is 6.61 Å². The van der Waals surface area contributed by atoms with Gasteiger partial charge in [0.2, 0.25) is 0 Å². The fourth-order valence-electron chi connectivity index (χ4n) is 1.63. The largest absolute Gasteiger partial charge is 0.463 e. The van der Waals surface area contributed by atoms with Gasteiger partial charge in [0.05, 0.1) is 6.04 Å². The first-order valence-electron chi connectivity index (χ1n) is 6.10. The SMILES string of the molecule is CC(=O)OC[C@H]1OC(O)[C@H](N)[C@@H](O)[C@@H]1OC(C)=O.O=S(=O)(O)O. The fraction of sp³-hybridized carbons (Fsp3) is 0.800. The zero-order valence-corrected chi connectivity index (χ0v) is 13.0. The van der Waals surface area contributed by atoms with Crippen LogP contribution in [0.3, 0.4) is 0 Å². The standard InChI is InChI=1S/C10H17NO7.H2O4S/c1-4(12)16-3-6-9(17-5(2)13)8(14)7(11)10(15)18-6;1-5(2,3)4/h6-10,14-15H,3,11H2,1-2H3;(H2,1,2,3,4)/t6-,7-,8-,9-,10?;/m1./s1. The highest BCUT2D eigenvalue weighted by Crippen LogP contribution is 2.21. The maximum absolute atomic E-state index is 10.9. The Morgan fingerprint density at radius 1 is 1.17 bits per heavy atom. The van der Waals surface area contributed by atoms with E-state index >= 15 is 0 Å². The summed E-state index contributed by atoms with van der Waals surface area (Å²) < 4.78 is 46.2. The molecule has 13 heteroatoms. The number of hydrogen-bond acceptors (Lipinski definition) is 10. The summed E-state index contributed by atoms with van der Waals surface area (Å²) in [6.45, 7) is 2.10. The number of aliphatic hydroxyl groups is 2. The number of aliphatic hydroxyl groups excluding tert-OH is 2. The molecule has 1 aliphatic heterocycles. The molecule has 1 aliphatic rings. The number of carbonyl (C=O) groups is 2. The molecule has 1 unspecified atom stereocenters. The van der Waals surface area contributed by atoms with E-state index in [2.05, 4.69) is 0 Å². The van der Waals surface area contributed by atoms with Crippen LogP contribution < -0.4 is 5.73 Å². The van der Waals surface area contributed by atoms with Gasteiger partial charge in [-0.3, -0.25) is 18.7 Å². The average molecular weight is 361 g/mol. The topological polar surface area (TPSA) is 203 Å². The second-order valence-corrected chi connectivity index (χ2v) is 5.35. The smallest absolute Gasteiger partial charge is 0.394 e. The van der Waals surface area contributed by atoms with E-state index in [9.17, 15) is 19.8 Å². The highest BCUT2D eigenvalue weighted by Gasteiger charge is 2.45. The Balaban J connectivity index is 0.000000841. The summed E-state index contributed by atoms with van der Waals surface area (Å²) in [6.07, 6.45) is -4.80. The lowest BCUT2D eigenvalue weighted by molar-refractivity contribution is -0.256. The molecule has 1 saturated heterocycles. The molecular formula is C10H19NO11S. The molecule has 0 aliphatic carbocycles. The zero-order chi connectivity index (χ0) is 18.4. The minimum atomic E-state index is -4.67. The van der Waals surface area contributed by atoms with Crippen molar-refractivity contribution in [2.45, 2.75) is 44.5 Å². The van der Waals surface area contributed by atoms with E-state index in [1.165, 1.54) is 6.92 Å². The van der Waals surface area contributed by atoms with Crippen molar-refractivity contribution in [3.63, 3.8) is 0 Å². The van der Waals surface area contributed by atoms with Gasteiger partial charge in [0.15, 0.2) is 12.4 Å². The maximum atomic E-state index is 10.9. The first-order chi connectivity index (χ1) is 10.3. The number of rotatable bonds is 3. The Morgan fingerprint density at radius 3 is 2.04 bits per heavy atom. The highest BCUT2D eigenvalue weighted by atomic mass is 32.3. The van der Waals surface area contributed by atoms with Gasteiger partial charge in [-0.1, -0.05) is 0 Å². The normalized spacial score (nSPS) is 30.7. The number of nitrogens with two attached hydrogens (primary N) is 1. The van der Waals surface area contributed by atoms with E-state index in [4.69, 9.17) is 37.5 Å². The van der Waals surface area contributed by atoms with Crippen LogP contribution in [0.2, 0.25) is 0 Å². The Hall–Kier alpha value is -1.35. The zero-order valence-electron chi connectivity index (χ0n) is 12.2. The summed E-state index contributed by atoms with van der Waals surface area (Å²) in [5, 5.41) is 19.3. The molecule has 5 atom stereocenters. The average Bonchev–Trinajstić information content (AvgIpc) is 2.35. The van der Waals surface area contributed by atoms with Crippen LogP contribution in [-0.4, -0.2) is 76.9 Å². The van der Waals surface area contributed by atoms with Crippen molar-refractivity contribution in [1.29, 1.82) is 0 Å². The molecular weight excluding hydrogens is 342 g/mol. The Kier molecular flexibility index (Phi) is 8.54. The van der Waals surface area contributed by atoms with E-state index in [0.29, 0.717) is 0 Å². The van der Waals surface area contributed by atoms with Crippen molar-refractivity contribution >= 4 is 22.3 Å². The quantitative estimate of drug-likeness (QED) is 0.256. The highest BCUT2D eigenvalue weighted by molar-refractivity contribution is 7.79. The van der Waals surface area contributed by atoms with Gasteiger partial charge in [-0.25, -0.2) is 0 Å². The van der Waals surface area contributed by atoms with Crippen LogP contribution >= 0.6 is 0 Å². The van der Waals surface area contributed by atoms with Crippen molar-refractivity contribution in [1.82, 2.24) is 0 Å². The molecule has 0 spiro atoms. The van der Waals surface area contributed by atoms with Crippen LogP contribution in [-0.2, 0) is 34.2 Å². The first kappa shape index (κ1) is 21.6. The number of ether oxygens (including phenoxy) is 3. The molecule has 6 N–H and O–H groups in total. The molecule has 1 fully saturated rings. The summed E-state index contributed by atoms with van der Waals surface area (Å²) in [4.78, 5) is 21.6. The molecule has 0 aromatic heterocycles. The van der Waals surface area contributed by atoms with Crippen molar-refractivity contribution < 1.29 is 51.5 Å². The van der Waals surface area contributed by atoms with Crippen molar-refractivity contribution in [3.05, 3.63) is 0 Å². The summed E-state index contributed by atoms with van der Waals surface area (Å²) in [5.74, 6) is -1.20. The summed E-state index contributed by atoms with van der Waals surface area (Å²) >= 11 is 0. The molecule has 23 heavy (non-hydrogen) atoms. The third kappa shape index (κ3) is 9.39. The molecule has 0 aromatic rings. The minimum absolute atomic E-state index is 0.256. The van der Waals surface area contributed by atoms with Gasteiger partial charge in [-0.15, -0.1) is 0 Å². The van der Waals surface area contributed by atoms with Crippen LogP contribution in [0.25, 0.3) is 0 Å². The lowest BCUT2D eigenvalue weighted by atomic mass is 9.97. The molecule has 0 saturated carbocycles. The third-order valence-corrected chi connectivity index (χ3v) is 2.49. The molecule has 0 aromatic carbocycles. The lowest BCUT2D eigenvalue weighted by Gasteiger charge is -2.40. The predicted octanol–water partition coefficient (Wildman–Crippen LogP) is -2.77. The minimum Gasteiger partial charge on any atom is -0.463 e. The lowest BCUT2D eigenvalue weighted by Crippen LogP contribution is -2.63. The van der Waals surface area contributed by atoms with Gasteiger partial charge < -0.3 is 30.2 Å². The first-order valence-corrected chi connectivity index (χ1v) is 7.50. The van der Waals surface area contributed by atoms with Crippen LogP contribution in [0.4, 0.5) is 0 Å². The molecule has 0 amide bonds. The maximum Gasteiger partial charge on any atom is 0.394 e. The van der Waals surface area contributed by atoms with Gasteiger partial charge in [0, 0.05) is 13.8 Å². The number of hydrogen-bond donors (Lipinski definition) is 5. The second-order valence-electron chi connectivity index (χ2n) is 4.46. The van der Waals surface area contributed by atoms with Gasteiger partial charge in [0.1, 0.15) is 18.8 Å². The third-order valence-electron chi connectivity index (χ3n) is 2.49. The molecule has 0 radical (unpaired) electrons. The second kappa shape index (κ2) is 9.07. The Bertz CT molecular complexity index is 499. The van der Waals surface area contributed by atoms with Gasteiger partial charge >= 0.3 is 22.3 Å². The van der Waals surface area contributed by atoms with E-state index in [0.717, 1.165) is 6.92 Å². The summed E-state index contributed by atoms with van der Waals surface area (Å²) in [5.41, 5.74) is 5.48. The van der Waals surface area contributed by atoms with Gasteiger partial charge in [-0.2, -0.15) is 8.42 Å². The van der Waals surface area contributed by atoms with Crippen LogP contribution in [0.5, 0.6) is 0 Å². The van der Waals surface area contributed by atoms with Crippen LogP contribution in [0, 0.1) is 0 Å². The van der Waals surface area contributed by atoms with Crippen molar-refractivity contribution in [3.8, 4) is 0 Å². The Labute approximate surface area is 131 Å². The summed E-state index contributed by atoms with van der Waals surface area (Å²) in [7, 11) is -4.67. The Morgan fingerprint density at radius 2 is 1.65 bits per heavy atom. The molecule has 12 nitrogen and oxygen atoms in total. The predicted molar refractivity (Wildman–Crippen MR) is 71.2 cm³/mol. The monoisotopic (exact) mass is 361 g/mol. The molecule has 1 heterocycles. The number of esters is 2. The fourth-order valence-corrected chi connectivity index (χ4v) is 1.63. The molecule has 0 bridgehead atoms. The van der Waals surface area contributed by atoms with E-state index in [1.54, 1.807) is 0 Å². The van der Waals surface area contributed by atoms with Gasteiger partial charge in [0.25, 0.3) is 0 Å². The van der Waals surface area contributed by atoms with Crippen LogP contribution in [0.15, 0.2) is 0 Å². The summed E-state index contributed by atoms with van der Waals surface area (Å²) in [6, 6.07) is -1.11. The molecule has 1 rings (SSSR count). The number of carbonyl (C=O) groups excluding carboxylic acids is 2. The van der Waals surface area contributed by atoms with Crippen molar-refractivity contribution in [2.24, 2.45) is 5.73 Å². The van der Waals surface area contributed by atoms with E-state index < -0.39 is 53.0 Å².